The Hall–Kier alpha value is -2.74. The van der Waals surface area contributed by atoms with Crippen LogP contribution in [0.15, 0.2) is 47.7 Å². The van der Waals surface area contributed by atoms with Gasteiger partial charge in [-0.05, 0) is 30.3 Å². The minimum Gasteiger partial charge on any atom is -0.374 e. The zero-order valence-corrected chi connectivity index (χ0v) is 12.8. The Bertz CT molecular complexity index is 893. The number of halogens is 3. The number of anilines is 1. The number of aromatic nitrogens is 1. The smallest absolute Gasteiger partial charge is 0.374 e. The molecule has 5 nitrogen and oxygen atoms in total. The molecule has 1 unspecified atom stereocenters. The number of nitrogens with zero attached hydrogens (tertiary/aromatic N) is 3. The van der Waals surface area contributed by atoms with E-state index in [1.165, 1.54) is 30.6 Å². The molecule has 0 aliphatic carbocycles. The van der Waals surface area contributed by atoms with Gasteiger partial charge in [0.25, 0.3) is 0 Å². The third-order valence-electron chi connectivity index (χ3n) is 4.48. The van der Waals surface area contributed by atoms with E-state index in [0.29, 0.717) is 11.4 Å². The van der Waals surface area contributed by atoms with Crippen LogP contribution >= 0.6 is 0 Å². The highest BCUT2D eigenvalue weighted by molar-refractivity contribution is 6.28. The Labute approximate surface area is 140 Å². The van der Waals surface area contributed by atoms with Crippen molar-refractivity contribution >= 4 is 23.0 Å². The normalized spacial score (nSPS) is 22.5. The molecule has 0 saturated carbocycles. The Morgan fingerprint density at radius 2 is 1.88 bits per heavy atom. The van der Waals surface area contributed by atoms with E-state index in [2.05, 4.69) is 9.98 Å². The standard InChI is InChI=1S/C17H12F3N3O2/c18-17(19,20)10-1-3-11(4-2-10)23-8-6-16(25)14(24)12-5-7-21-9-13(12)22-15(16)23/h1-5,7,9,25H,6,8H2. The number of benzene rings is 1. The lowest BCUT2D eigenvalue weighted by molar-refractivity contribution is -0.137. The van der Waals surface area contributed by atoms with E-state index in [1.54, 1.807) is 4.90 Å². The molecule has 0 amide bonds. The Morgan fingerprint density at radius 3 is 2.56 bits per heavy atom. The molecule has 1 atom stereocenters. The third-order valence-corrected chi connectivity index (χ3v) is 4.48. The molecule has 128 valence electrons. The lowest BCUT2D eigenvalue weighted by atomic mass is 9.88. The van der Waals surface area contributed by atoms with Crippen molar-refractivity contribution in [2.75, 3.05) is 11.4 Å². The van der Waals surface area contributed by atoms with Gasteiger partial charge in [-0.3, -0.25) is 9.78 Å². The summed E-state index contributed by atoms with van der Waals surface area (Å²) in [6.45, 7) is 0.272. The molecule has 2 aliphatic rings. The fourth-order valence-corrected chi connectivity index (χ4v) is 3.17. The summed E-state index contributed by atoms with van der Waals surface area (Å²) >= 11 is 0. The fourth-order valence-electron chi connectivity index (χ4n) is 3.17. The van der Waals surface area contributed by atoms with E-state index in [4.69, 9.17) is 0 Å². The molecule has 25 heavy (non-hydrogen) atoms. The van der Waals surface area contributed by atoms with E-state index in [9.17, 15) is 23.1 Å². The molecule has 3 heterocycles. The van der Waals surface area contributed by atoms with Gasteiger partial charge in [-0.15, -0.1) is 0 Å². The van der Waals surface area contributed by atoms with Crippen LogP contribution in [0.5, 0.6) is 0 Å². The lowest BCUT2D eigenvalue weighted by Gasteiger charge is -2.29. The molecule has 0 radical (unpaired) electrons. The van der Waals surface area contributed by atoms with Crippen molar-refractivity contribution in [2.24, 2.45) is 4.99 Å². The van der Waals surface area contributed by atoms with Crippen LogP contribution in [0.3, 0.4) is 0 Å². The Morgan fingerprint density at radius 1 is 1.16 bits per heavy atom. The predicted molar refractivity (Wildman–Crippen MR) is 84.0 cm³/mol. The number of rotatable bonds is 1. The number of pyridine rings is 1. The van der Waals surface area contributed by atoms with E-state index < -0.39 is 23.1 Å². The van der Waals surface area contributed by atoms with Gasteiger partial charge in [0, 0.05) is 24.8 Å². The number of aliphatic hydroxyl groups is 1. The van der Waals surface area contributed by atoms with Crippen LogP contribution in [0.1, 0.15) is 22.3 Å². The van der Waals surface area contributed by atoms with Crippen LogP contribution in [0.4, 0.5) is 24.5 Å². The van der Waals surface area contributed by atoms with Crippen LogP contribution in [0, 0.1) is 0 Å². The van der Waals surface area contributed by atoms with Gasteiger partial charge in [-0.2, -0.15) is 13.2 Å². The minimum absolute atomic E-state index is 0.119. The maximum absolute atomic E-state index is 12.7. The number of aliphatic imine (C=N–C) groups is 1. The number of Topliss-reactive ketones (excluding diaryl/α,β-unsaturated/α-hetero) is 1. The topological polar surface area (TPSA) is 65.8 Å². The summed E-state index contributed by atoms with van der Waals surface area (Å²) in [4.78, 5) is 22.5. The first kappa shape index (κ1) is 15.8. The number of amidine groups is 1. The quantitative estimate of drug-likeness (QED) is 0.861. The van der Waals surface area contributed by atoms with Crippen molar-refractivity contribution in [3.63, 3.8) is 0 Å². The lowest BCUT2D eigenvalue weighted by Crippen LogP contribution is -2.48. The van der Waals surface area contributed by atoms with Crippen molar-refractivity contribution in [2.45, 2.75) is 18.2 Å². The molecular formula is C17H12F3N3O2. The number of fused-ring (bicyclic) bond motifs is 2. The highest BCUT2D eigenvalue weighted by Gasteiger charge is 2.52. The monoisotopic (exact) mass is 347 g/mol. The van der Waals surface area contributed by atoms with Crippen molar-refractivity contribution < 1.29 is 23.1 Å². The molecule has 8 heteroatoms. The van der Waals surface area contributed by atoms with Crippen molar-refractivity contribution in [3.05, 3.63) is 53.9 Å². The van der Waals surface area contributed by atoms with Crippen LogP contribution in [0.2, 0.25) is 0 Å². The number of carbonyl (C=O) groups is 1. The average molecular weight is 347 g/mol. The molecule has 4 rings (SSSR count). The molecule has 1 aromatic carbocycles. The Balaban J connectivity index is 1.77. The number of ketones is 1. The highest BCUT2D eigenvalue weighted by atomic mass is 19.4. The van der Waals surface area contributed by atoms with Crippen LogP contribution in [-0.2, 0) is 6.18 Å². The molecule has 1 aromatic heterocycles. The first-order valence-electron chi connectivity index (χ1n) is 7.56. The van der Waals surface area contributed by atoms with Crippen molar-refractivity contribution in [1.82, 2.24) is 4.98 Å². The maximum Gasteiger partial charge on any atom is 0.416 e. The average Bonchev–Trinajstić information content (AvgIpc) is 2.93. The molecule has 1 saturated heterocycles. The van der Waals surface area contributed by atoms with Gasteiger partial charge in [-0.1, -0.05) is 0 Å². The van der Waals surface area contributed by atoms with E-state index in [1.807, 2.05) is 0 Å². The van der Waals surface area contributed by atoms with Gasteiger partial charge >= 0.3 is 6.18 Å². The summed E-state index contributed by atoms with van der Waals surface area (Å²) in [6, 6.07) is 6.04. The SMILES string of the molecule is O=C1c2ccncc2N=C2N(c3ccc(C(F)(F)F)cc3)CCC12O. The van der Waals surface area contributed by atoms with E-state index in [-0.39, 0.29) is 24.4 Å². The summed E-state index contributed by atoms with van der Waals surface area (Å²) in [7, 11) is 0. The van der Waals surface area contributed by atoms with E-state index in [0.717, 1.165) is 12.1 Å². The minimum atomic E-state index is -4.42. The highest BCUT2D eigenvalue weighted by Crippen LogP contribution is 2.39. The third kappa shape index (κ3) is 2.32. The van der Waals surface area contributed by atoms with Gasteiger partial charge in [0.05, 0.1) is 23.0 Å². The maximum atomic E-state index is 12.7. The second-order valence-corrected chi connectivity index (χ2v) is 5.96. The zero-order valence-electron chi connectivity index (χ0n) is 12.8. The van der Waals surface area contributed by atoms with Crippen LogP contribution in [0.25, 0.3) is 0 Å². The van der Waals surface area contributed by atoms with Crippen LogP contribution in [-0.4, -0.2) is 33.9 Å². The number of hydrogen-bond donors (Lipinski definition) is 1. The van der Waals surface area contributed by atoms with E-state index >= 15 is 0 Å². The first-order chi connectivity index (χ1) is 11.8. The van der Waals surface area contributed by atoms with Crippen molar-refractivity contribution in [3.8, 4) is 0 Å². The molecule has 2 aromatic rings. The summed E-state index contributed by atoms with van der Waals surface area (Å²) in [6.07, 6.45) is -1.44. The van der Waals surface area contributed by atoms with Gasteiger partial charge in [0.2, 0.25) is 5.78 Å². The number of hydrogen-bond acceptors (Lipinski definition) is 5. The van der Waals surface area contributed by atoms with Gasteiger partial charge in [0.1, 0.15) is 5.84 Å². The fraction of sp³-hybridized carbons (Fsp3) is 0.235. The molecule has 1 fully saturated rings. The molecule has 2 aliphatic heterocycles. The zero-order chi connectivity index (χ0) is 17.8. The first-order valence-corrected chi connectivity index (χ1v) is 7.56. The molecular weight excluding hydrogens is 335 g/mol. The largest absolute Gasteiger partial charge is 0.416 e. The molecule has 1 N–H and O–H groups in total. The summed E-state index contributed by atoms with van der Waals surface area (Å²) in [5, 5.41) is 10.8. The number of carbonyl (C=O) groups excluding carboxylic acids is 1. The second-order valence-electron chi connectivity index (χ2n) is 5.96. The second kappa shape index (κ2) is 5.13. The predicted octanol–water partition coefficient (Wildman–Crippen LogP) is 2.97. The number of alkyl halides is 3. The summed E-state index contributed by atoms with van der Waals surface area (Å²) in [5.41, 5.74) is -1.47. The molecule has 0 spiro atoms. The summed E-state index contributed by atoms with van der Waals surface area (Å²) in [5.74, 6) is -0.345. The van der Waals surface area contributed by atoms with Gasteiger partial charge in [0.15, 0.2) is 5.60 Å². The summed E-state index contributed by atoms with van der Waals surface area (Å²) < 4.78 is 38.1. The van der Waals surface area contributed by atoms with Crippen molar-refractivity contribution in [1.29, 1.82) is 0 Å². The van der Waals surface area contributed by atoms with Gasteiger partial charge < -0.3 is 10.0 Å². The van der Waals surface area contributed by atoms with Crippen LogP contribution < -0.4 is 4.90 Å². The Kier molecular flexibility index (Phi) is 3.23. The molecule has 0 bridgehead atoms. The van der Waals surface area contributed by atoms with Gasteiger partial charge in [-0.25, -0.2) is 4.99 Å².